The van der Waals surface area contributed by atoms with Gasteiger partial charge in [0.1, 0.15) is 0 Å². The van der Waals surface area contributed by atoms with Crippen LogP contribution in [0.2, 0.25) is 0 Å². The first-order valence-corrected chi connectivity index (χ1v) is 3.90. The third kappa shape index (κ3) is 3.40. The highest BCUT2D eigenvalue weighted by Gasteiger charge is 2.20. The van der Waals surface area contributed by atoms with E-state index >= 15 is 0 Å². The highest BCUT2D eigenvalue weighted by molar-refractivity contribution is 5.81. The molecule has 1 unspecified atom stereocenters. The van der Waals surface area contributed by atoms with E-state index in [-0.39, 0.29) is 11.9 Å². The molecule has 1 atom stereocenters. The Kier molecular flexibility index (Phi) is 3.78. The predicted molar refractivity (Wildman–Crippen MR) is 49.6 cm³/mol. The van der Waals surface area contributed by atoms with E-state index in [1.165, 1.54) is 0 Å². The second kappa shape index (κ2) is 4.13. The minimum atomic E-state index is -0.439. The van der Waals surface area contributed by atoms with Gasteiger partial charge in [-0.1, -0.05) is 5.92 Å². The van der Waals surface area contributed by atoms with Crippen LogP contribution in [0, 0.1) is 12.3 Å². The van der Waals surface area contributed by atoms with Gasteiger partial charge in [0.25, 0.3) is 0 Å². The smallest absolute Gasteiger partial charge is 0.236 e. The molecule has 1 amide bonds. The summed E-state index contributed by atoms with van der Waals surface area (Å²) in [5.74, 6) is 2.50. The van der Waals surface area contributed by atoms with Gasteiger partial charge in [-0.05, 0) is 20.8 Å². The van der Waals surface area contributed by atoms with Gasteiger partial charge >= 0.3 is 0 Å². The lowest BCUT2D eigenvalue weighted by Crippen LogP contribution is -2.50. The van der Waals surface area contributed by atoms with Crippen LogP contribution in [-0.4, -0.2) is 24.5 Å². The van der Waals surface area contributed by atoms with Crippen LogP contribution in [0.1, 0.15) is 20.8 Å². The SMILES string of the molecule is C#CC(C)(C)NC(C)C(=O)NC. The van der Waals surface area contributed by atoms with Gasteiger partial charge in [-0.3, -0.25) is 10.1 Å². The quantitative estimate of drug-likeness (QED) is 0.588. The van der Waals surface area contributed by atoms with Crippen LogP contribution in [0.25, 0.3) is 0 Å². The van der Waals surface area contributed by atoms with Crippen molar-refractivity contribution in [1.29, 1.82) is 0 Å². The molecular weight excluding hydrogens is 152 g/mol. The zero-order valence-corrected chi connectivity index (χ0v) is 8.06. The fourth-order valence-electron chi connectivity index (χ4n) is 0.865. The molecule has 0 saturated carbocycles. The summed E-state index contributed by atoms with van der Waals surface area (Å²) in [5.41, 5.74) is -0.439. The number of carbonyl (C=O) groups is 1. The van der Waals surface area contributed by atoms with Gasteiger partial charge in [0.15, 0.2) is 0 Å². The van der Waals surface area contributed by atoms with Crippen molar-refractivity contribution in [3.8, 4) is 12.3 Å². The normalized spacial score (nSPS) is 13.2. The Morgan fingerprint density at radius 2 is 2.08 bits per heavy atom. The van der Waals surface area contributed by atoms with Crippen molar-refractivity contribution < 1.29 is 4.79 Å². The largest absolute Gasteiger partial charge is 0.358 e. The van der Waals surface area contributed by atoms with Gasteiger partial charge < -0.3 is 5.32 Å². The topological polar surface area (TPSA) is 41.1 Å². The minimum Gasteiger partial charge on any atom is -0.358 e. The fourth-order valence-corrected chi connectivity index (χ4v) is 0.865. The monoisotopic (exact) mass is 168 g/mol. The molecule has 0 radical (unpaired) electrons. The van der Waals surface area contributed by atoms with Gasteiger partial charge in [0.2, 0.25) is 5.91 Å². The Hall–Kier alpha value is -1.01. The van der Waals surface area contributed by atoms with Crippen molar-refractivity contribution in [2.24, 2.45) is 0 Å². The lowest BCUT2D eigenvalue weighted by molar-refractivity contribution is -0.122. The first kappa shape index (κ1) is 11.0. The molecule has 0 aromatic heterocycles. The summed E-state index contributed by atoms with van der Waals surface area (Å²) in [6, 6.07) is -0.263. The zero-order valence-electron chi connectivity index (χ0n) is 8.06. The average molecular weight is 168 g/mol. The van der Waals surface area contributed by atoms with Crippen LogP contribution < -0.4 is 10.6 Å². The van der Waals surface area contributed by atoms with E-state index in [0.29, 0.717) is 0 Å². The molecule has 0 aromatic rings. The number of terminal acetylenes is 1. The van der Waals surface area contributed by atoms with Gasteiger partial charge in [-0.15, -0.1) is 6.42 Å². The molecular formula is C9H16N2O. The number of hydrogen-bond donors (Lipinski definition) is 2. The van der Waals surface area contributed by atoms with E-state index in [1.807, 2.05) is 13.8 Å². The molecule has 2 N–H and O–H groups in total. The summed E-state index contributed by atoms with van der Waals surface area (Å²) in [4.78, 5) is 11.1. The maximum atomic E-state index is 11.1. The standard InChI is InChI=1S/C9H16N2O/c1-6-9(3,4)11-7(2)8(12)10-5/h1,7,11H,2-5H3,(H,10,12). The lowest BCUT2D eigenvalue weighted by atomic mass is 10.1. The van der Waals surface area contributed by atoms with Crippen LogP contribution in [0.4, 0.5) is 0 Å². The summed E-state index contributed by atoms with van der Waals surface area (Å²) >= 11 is 0. The Morgan fingerprint density at radius 1 is 1.58 bits per heavy atom. The molecule has 0 spiro atoms. The molecule has 0 aromatic carbocycles. The third-order valence-electron chi connectivity index (χ3n) is 1.58. The summed E-state index contributed by atoms with van der Waals surface area (Å²) in [5, 5.41) is 5.55. The maximum Gasteiger partial charge on any atom is 0.236 e. The van der Waals surface area contributed by atoms with E-state index in [9.17, 15) is 4.79 Å². The molecule has 0 rings (SSSR count). The van der Waals surface area contributed by atoms with Gasteiger partial charge in [0.05, 0.1) is 11.6 Å². The zero-order chi connectivity index (χ0) is 9.78. The molecule has 0 fully saturated rings. The fraction of sp³-hybridized carbons (Fsp3) is 0.667. The second-order valence-electron chi connectivity index (χ2n) is 3.25. The molecule has 68 valence electrons. The molecule has 12 heavy (non-hydrogen) atoms. The van der Waals surface area contributed by atoms with Crippen LogP contribution in [0.5, 0.6) is 0 Å². The first-order chi connectivity index (χ1) is 5.43. The summed E-state index contributed by atoms with van der Waals surface area (Å²) < 4.78 is 0. The Labute approximate surface area is 73.9 Å². The van der Waals surface area contributed by atoms with Crippen molar-refractivity contribution in [1.82, 2.24) is 10.6 Å². The molecule has 0 aliphatic rings. The van der Waals surface area contributed by atoms with Crippen molar-refractivity contribution in [2.75, 3.05) is 7.05 Å². The Balaban J connectivity index is 4.11. The van der Waals surface area contributed by atoms with Gasteiger partial charge in [-0.2, -0.15) is 0 Å². The van der Waals surface area contributed by atoms with E-state index in [0.717, 1.165) is 0 Å². The van der Waals surface area contributed by atoms with Crippen molar-refractivity contribution >= 4 is 5.91 Å². The molecule has 3 nitrogen and oxygen atoms in total. The van der Waals surface area contributed by atoms with E-state index in [4.69, 9.17) is 6.42 Å². The van der Waals surface area contributed by atoms with Gasteiger partial charge in [0, 0.05) is 7.05 Å². The number of amides is 1. The highest BCUT2D eigenvalue weighted by Crippen LogP contribution is 2.00. The number of carbonyl (C=O) groups excluding carboxylic acids is 1. The molecule has 0 heterocycles. The highest BCUT2D eigenvalue weighted by atomic mass is 16.2. The average Bonchev–Trinajstić information content (AvgIpc) is 2.02. The van der Waals surface area contributed by atoms with E-state index in [1.54, 1.807) is 14.0 Å². The lowest BCUT2D eigenvalue weighted by Gasteiger charge is -2.23. The molecule has 0 aliphatic carbocycles. The summed E-state index contributed by atoms with van der Waals surface area (Å²) in [6.45, 7) is 5.48. The maximum absolute atomic E-state index is 11.1. The molecule has 0 bridgehead atoms. The summed E-state index contributed by atoms with van der Waals surface area (Å²) in [6.07, 6.45) is 5.25. The van der Waals surface area contributed by atoms with Crippen molar-refractivity contribution in [3.63, 3.8) is 0 Å². The number of hydrogen-bond acceptors (Lipinski definition) is 2. The molecule has 3 heteroatoms. The Morgan fingerprint density at radius 3 is 2.42 bits per heavy atom. The van der Waals surface area contributed by atoms with Crippen LogP contribution >= 0.6 is 0 Å². The number of rotatable bonds is 3. The van der Waals surface area contributed by atoms with E-state index < -0.39 is 5.54 Å². The third-order valence-corrected chi connectivity index (χ3v) is 1.58. The number of likely N-dealkylation sites (N-methyl/N-ethyl adjacent to an activating group) is 1. The Bertz CT molecular complexity index is 203. The van der Waals surface area contributed by atoms with Crippen LogP contribution in [0.15, 0.2) is 0 Å². The van der Waals surface area contributed by atoms with Crippen molar-refractivity contribution in [3.05, 3.63) is 0 Å². The first-order valence-electron chi connectivity index (χ1n) is 3.90. The van der Waals surface area contributed by atoms with Gasteiger partial charge in [-0.25, -0.2) is 0 Å². The van der Waals surface area contributed by atoms with Crippen LogP contribution in [-0.2, 0) is 4.79 Å². The van der Waals surface area contributed by atoms with Crippen LogP contribution in [0.3, 0.4) is 0 Å². The second-order valence-corrected chi connectivity index (χ2v) is 3.25. The summed E-state index contributed by atoms with van der Waals surface area (Å²) in [7, 11) is 1.60. The minimum absolute atomic E-state index is 0.0571. The predicted octanol–water partition coefficient (Wildman–Crippen LogP) is 0.122. The number of nitrogens with one attached hydrogen (secondary N) is 2. The van der Waals surface area contributed by atoms with Crippen molar-refractivity contribution in [2.45, 2.75) is 32.4 Å². The van der Waals surface area contributed by atoms with E-state index in [2.05, 4.69) is 16.6 Å². The molecule has 0 aliphatic heterocycles. The molecule has 0 saturated heterocycles.